The molecule has 0 unspecified atom stereocenters. The molecule has 1 aromatic carbocycles. The zero-order valence-electron chi connectivity index (χ0n) is 12.3. The molecule has 5 heteroatoms. The molecule has 0 aliphatic carbocycles. The molecule has 0 spiro atoms. The molecule has 112 valence electrons. The fraction of sp³-hybridized carbons (Fsp3) is 0.312. The van der Waals surface area contributed by atoms with Gasteiger partial charge in [-0.1, -0.05) is 43.1 Å². The van der Waals surface area contributed by atoms with Crippen LogP contribution in [0.1, 0.15) is 25.1 Å². The van der Waals surface area contributed by atoms with E-state index in [2.05, 4.69) is 24.1 Å². The van der Waals surface area contributed by atoms with Gasteiger partial charge in [-0.15, -0.1) is 0 Å². The van der Waals surface area contributed by atoms with Gasteiger partial charge < -0.3 is 10.1 Å². The second-order valence-electron chi connectivity index (χ2n) is 5.15. The highest BCUT2D eigenvalue weighted by molar-refractivity contribution is 6.32. The minimum Gasteiger partial charge on any atom is -0.437 e. The maximum absolute atomic E-state index is 6.16. The van der Waals surface area contributed by atoms with Crippen molar-refractivity contribution in [3.05, 3.63) is 51.6 Å². The van der Waals surface area contributed by atoms with Gasteiger partial charge in [0.25, 0.3) is 0 Å². The van der Waals surface area contributed by atoms with Gasteiger partial charge in [0.2, 0.25) is 5.88 Å². The number of aryl methyl sites for hydroxylation is 1. The summed E-state index contributed by atoms with van der Waals surface area (Å²) in [5, 5.41) is 4.46. The number of hydrogen-bond donors (Lipinski definition) is 1. The number of nitrogens with zero attached hydrogens (tertiary/aromatic N) is 1. The smallest absolute Gasteiger partial charge is 0.219 e. The summed E-state index contributed by atoms with van der Waals surface area (Å²) in [5.41, 5.74) is 1.84. The summed E-state index contributed by atoms with van der Waals surface area (Å²) >= 11 is 12.3. The summed E-state index contributed by atoms with van der Waals surface area (Å²) < 4.78 is 5.74. The molecule has 0 fully saturated rings. The molecule has 0 saturated carbocycles. The van der Waals surface area contributed by atoms with E-state index in [0.717, 1.165) is 11.3 Å². The third kappa shape index (κ3) is 4.60. The van der Waals surface area contributed by atoms with Gasteiger partial charge in [0.1, 0.15) is 5.75 Å². The number of hydrogen-bond acceptors (Lipinski definition) is 3. The molecule has 0 saturated heterocycles. The first kappa shape index (κ1) is 16.1. The van der Waals surface area contributed by atoms with Crippen LogP contribution < -0.4 is 10.1 Å². The van der Waals surface area contributed by atoms with Gasteiger partial charge in [-0.25, -0.2) is 4.98 Å². The highest BCUT2D eigenvalue weighted by Gasteiger charge is 2.08. The molecular formula is C16H18Cl2N2O. The van der Waals surface area contributed by atoms with Crippen molar-refractivity contribution >= 4 is 23.2 Å². The van der Waals surface area contributed by atoms with E-state index in [1.54, 1.807) is 12.1 Å². The largest absolute Gasteiger partial charge is 0.437 e. The molecule has 1 aromatic heterocycles. The van der Waals surface area contributed by atoms with Gasteiger partial charge in [0.15, 0.2) is 0 Å². The Morgan fingerprint density at radius 2 is 1.90 bits per heavy atom. The van der Waals surface area contributed by atoms with E-state index in [9.17, 15) is 0 Å². The molecule has 21 heavy (non-hydrogen) atoms. The number of benzene rings is 1. The number of ether oxygens (including phenoxy) is 1. The van der Waals surface area contributed by atoms with Crippen LogP contribution in [0.2, 0.25) is 10.0 Å². The Hall–Kier alpha value is -1.29. The van der Waals surface area contributed by atoms with Crippen LogP contribution in [0.5, 0.6) is 11.6 Å². The highest BCUT2D eigenvalue weighted by atomic mass is 35.5. The zero-order chi connectivity index (χ0) is 15.4. The third-order valence-corrected chi connectivity index (χ3v) is 3.51. The molecule has 0 amide bonds. The molecule has 2 rings (SSSR count). The van der Waals surface area contributed by atoms with Crippen molar-refractivity contribution in [3.8, 4) is 11.6 Å². The molecule has 0 radical (unpaired) electrons. The number of halogens is 2. The van der Waals surface area contributed by atoms with Gasteiger partial charge >= 0.3 is 0 Å². The van der Waals surface area contributed by atoms with Gasteiger partial charge in [-0.3, -0.25) is 0 Å². The van der Waals surface area contributed by atoms with Crippen molar-refractivity contribution in [2.45, 2.75) is 33.4 Å². The summed E-state index contributed by atoms with van der Waals surface area (Å²) in [6.07, 6.45) is 0. The van der Waals surface area contributed by atoms with Crippen molar-refractivity contribution < 1.29 is 4.74 Å². The number of nitrogens with one attached hydrogen (secondary N) is 1. The normalized spacial score (nSPS) is 11.0. The van der Waals surface area contributed by atoms with Crippen molar-refractivity contribution in [1.82, 2.24) is 10.3 Å². The van der Waals surface area contributed by atoms with Crippen LogP contribution >= 0.6 is 23.2 Å². The molecule has 0 aliphatic rings. The fourth-order valence-electron chi connectivity index (χ4n) is 1.75. The SMILES string of the molecule is Cc1ccc(Oc2ccc(Cl)c(CNC(C)C)n2)c(Cl)c1. The van der Waals surface area contributed by atoms with E-state index in [0.29, 0.717) is 34.3 Å². The highest BCUT2D eigenvalue weighted by Crippen LogP contribution is 2.30. The van der Waals surface area contributed by atoms with Gasteiger partial charge in [-0.2, -0.15) is 0 Å². The average molecular weight is 325 g/mol. The molecule has 1 heterocycles. The minimum absolute atomic E-state index is 0.360. The molecule has 0 atom stereocenters. The Kier molecular flexibility index (Phi) is 5.45. The average Bonchev–Trinajstić information content (AvgIpc) is 2.42. The first-order chi connectivity index (χ1) is 9.95. The second-order valence-corrected chi connectivity index (χ2v) is 5.96. The maximum Gasteiger partial charge on any atom is 0.219 e. The van der Waals surface area contributed by atoms with E-state index < -0.39 is 0 Å². The Labute approximate surface area is 135 Å². The lowest BCUT2D eigenvalue weighted by molar-refractivity contribution is 0.458. The van der Waals surface area contributed by atoms with E-state index in [1.807, 2.05) is 25.1 Å². The summed E-state index contributed by atoms with van der Waals surface area (Å²) in [4.78, 5) is 4.43. The van der Waals surface area contributed by atoms with E-state index in [-0.39, 0.29) is 0 Å². The maximum atomic E-state index is 6.16. The van der Waals surface area contributed by atoms with Crippen molar-refractivity contribution in [2.75, 3.05) is 0 Å². The Bertz CT molecular complexity index is 630. The van der Waals surface area contributed by atoms with Crippen LogP contribution in [-0.2, 0) is 6.54 Å². The summed E-state index contributed by atoms with van der Waals surface area (Å²) in [7, 11) is 0. The molecule has 2 aromatic rings. The van der Waals surface area contributed by atoms with E-state index >= 15 is 0 Å². The van der Waals surface area contributed by atoms with Crippen LogP contribution in [0.4, 0.5) is 0 Å². The topological polar surface area (TPSA) is 34.1 Å². The quantitative estimate of drug-likeness (QED) is 0.841. The molecule has 0 aliphatic heterocycles. The molecule has 0 bridgehead atoms. The fourth-order valence-corrected chi connectivity index (χ4v) is 2.19. The predicted molar refractivity (Wildman–Crippen MR) is 87.5 cm³/mol. The van der Waals surface area contributed by atoms with Crippen LogP contribution in [-0.4, -0.2) is 11.0 Å². The summed E-state index contributed by atoms with van der Waals surface area (Å²) in [6, 6.07) is 9.51. The van der Waals surface area contributed by atoms with Crippen LogP contribution in [0, 0.1) is 6.92 Å². The Morgan fingerprint density at radius 1 is 1.14 bits per heavy atom. The third-order valence-electron chi connectivity index (χ3n) is 2.87. The molecular weight excluding hydrogens is 307 g/mol. The lowest BCUT2D eigenvalue weighted by Crippen LogP contribution is -2.22. The van der Waals surface area contributed by atoms with Gasteiger partial charge in [-0.05, 0) is 30.7 Å². The summed E-state index contributed by atoms with van der Waals surface area (Å²) in [5.74, 6) is 1.06. The van der Waals surface area contributed by atoms with Crippen LogP contribution in [0.15, 0.2) is 30.3 Å². The number of aromatic nitrogens is 1. The van der Waals surface area contributed by atoms with Crippen LogP contribution in [0.25, 0.3) is 0 Å². The van der Waals surface area contributed by atoms with E-state index in [1.165, 1.54) is 0 Å². The molecule has 3 nitrogen and oxygen atoms in total. The zero-order valence-corrected chi connectivity index (χ0v) is 13.8. The first-order valence-electron chi connectivity index (χ1n) is 6.78. The second kappa shape index (κ2) is 7.12. The Morgan fingerprint density at radius 3 is 2.57 bits per heavy atom. The summed E-state index contributed by atoms with van der Waals surface area (Å²) in [6.45, 7) is 6.71. The van der Waals surface area contributed by atoms with E-state index in [4.69, 9.17) is 27.9 Å². The van der Waals surface area contributed by atoms with Crippen LogP contribution in [0.3, 0.4) is 0 Å². The lowest BCUT2D eigenvalue weighted by Gasteiger charge is -2.11. The van der Waals surface area contributed by atoms with Crippen molar-refractivity contribution in [2.24, 2.45) is 0 Å². The lowest BCUT2D eigenvalue weighted by atomic mass is 10.2. The monoisotopic (exact) mass is 324 g/mol. The molecule has 1 N–H and O–H groups in total. The Balaban J connectivity index is 2.18. The number of pyridine rings is 1. The minimum atomic E-state index is 0.360. The number of rotatable bonds is 5. The van der Waals surface area contributed by atoms with Gasteiger partial charge in [0.05, 0.1) is 15.7 Å². The van der Waals surface area contributed by atoms with Crippen molar-refractivity contribution in [1.29, 1.82) is 0 Å². The predicted octanol–water partition coefficient (Wildman–Crippen LogP) is 4.99. The van der Waals surface area contributed by atoms with Crippen molar-refractivity contribution in [3.63, 3.8) is 0 Å². The van der Waals surface area contributed by atoms with Gasteiger partial charge in [0, 0.05) is 18.7 Å². The first-order valence-corrected chi connectivity index (χ1v) is 7.54. The standard InChI is InChI=1S/C16H18Cl2N2O/c1-10(2)19-9-14-12(17)5-7-16(20-14)21-15-6-4-11(3)8-13(15)18/h4-8,10,19H,9H2,1-3H3.